The van der Waals surface area contributed by atoms with Crippen LogP contribution in [0.2, 0.25) is 0 Å². The van der Waals surface area contributed by atoms with Crippen LogP contribution in [0.5, 0.6) is 5.75 Å². The van der Waals surface area contributed by atoms with E-state index in [-0.39, 0.29) is 0 Å². The molecule has 17 heavy (non-hydrogen) atoms. The zero-order valence-corrected chi connectivity index (χ0v) is 9.58. The fraction of sp³-hybridized carbons (Fsp3) is 0.231. The van der Waals surface area contributed by atoms with Crippen molar-refractivity contribution in [1.29, 1.82) is 0 Å². The average molecular weight is 230 g/mol. The molecule has 1 atom stereocenters. The molecule has 4 heteroatoms. The first-order chi connectivity index (χ1) is 8.31. The van der Waals surface area contributed by atoms with Crippen LogP contribution in [0.4, 0.5) is 0 Å². The molecule has 0 aliphatic heterocycles. The van der Waals surface area contributed by atoms with Crippen LogP contribution >= 0.6 is 0 Å². The molecule has 0 spiro atoms. The minimum atomic E-state index is -0.644. The number of ether oxygens (including phenoxy) is 1. The van der Waals surface area contributed by atoms with Crippen molar-refractivity contribution in [2.45, 2.75) is 12.5 Å². The van der Waals surface area contributed by atoms with Gasteiger partial charge in [-0.3, -0.25) is 0 Å². The van der Waals surface area contributed by atoms with Gasteiger partial charge in [-0.1, -0.05) is 18.2 Å². The summed E-state index contributed by atoms with van der Waals surface area (Å²) < 4.78 is 5.24. The van der Waals surface area contributed by atoms with Crippen LogP contribution < -0.4 is 4.74 Å². The molecule has 0 bridgehead atoms. The van der Waals surface area contributed by atoms with Gasteiger partial charge in [0.05, 0.1) is 12.8 Å². The van der Waals surface area contributed by atoms with E-state index < -0.39 is 6.10 Å². The van der Waals surface area contributed by atoms with Crippen LogP contribution in [0, 0.1) is 0 Å². The third kappa shape index (κ3) is 2.79. The van der Waals surface area contributed by atoms with E-state index in [2.05, 4.69) is 9.97 Å². The second-order valence-electron chi connectivity index (χ2n) is 3.67. The van der Waals surface area contributed by atoms with Crippen LogP contribution in [0.15, 0.2) is 42.9 Å². The van der Waals surface area contributed by atoms with Crippen molar-refractivity contribution in [3.05, 3.63) is 54.1 Å². The lowest BCUT2D eigenvalue weighted by Gasteiger charge is -2.12. The van der Waals surface area contributed by atoms with Gasteiger partial charge in [0, 0.05) is 12.6 Å². The van der Waals surface area contributed by atoms with Crippen molar-refractivity contribution < 1.29 is 9.84 Å². The summed E-state index contributed by atoms with van der Waals surface area (Å²) in [5.41, 5.74) is 1.58. The molecule has 2 rings (SSSR count). The zero-order chi connectivity index (χ0) is 12.1. The highest BCUT2D eigenvalue weighted by atomic mass is 16.5. The Kier molecular flexibility index (Phi) is 3.67. The van der Waals surface area contributed by atoms with E-state index in [0.29, 0.717) is 12.1 Å². The molecule has 0 saturated carbocycles. The fourth-order valence-corrected chi connectivity index (χ4v) is 1.68. The number of methoxy groups -OCH3 is 1. The predicted molar refractivity (Wildman–Crippen MR) is 63.7 cm³/mol. The summed E-state index contributed by atoms with van der Waals surface area (Å²) in [5, 5.41) is 10.0. The summed E-state index contributed by atoms with van der Waals surface area (Å²) >= 11 is 0. The normalized spacial score (nSPS) is 12.1. The Morgan fingerprint density at radius 1 is 1.29 bits per heavy atom. The first-order valence-electron chi connectivity index (χ1n) is 5.37. The summed E-state index contributed by atoms with van der Waals surface area (Å²) in [5.74, 6) is 0.778. The van der Waals surface area contributed by atoms with Crippen LogP contribution in [0.1, 0.15) is 17.4 Å². The smallest absolute Gasteiger partial charge is 0.122 e. The number of rotatable bonds is 4. The van der Waals surface area contributed by atoms with E-state index in [0.717, 1.165) is 11.3 Å². The molecule has 0 amide bonds. The Labute approximate surface area is 99.9 Å². The molecular weight excluding hydrogens is 216 g/mol. The summed E-state index contributed by atoms with van der Waals surface area (Å²) in [6.07, 6.45) is 2.88. The maximum Gasteiger partial charge on any atom is 0.122 e. The molecule has 0 aliphatic carbocycles. The minimum Gasteiger partial charge on any atom is -0.496 e. The zero-order valence-electron chi connectivity index (χ0n) is 9.58. The summed E-state index contributed by atoms with van der Waals surface area (Å²) in [4.78, 5) is 7.85. The maximum absolute atomic E-state index is 10.0. The number of benzene rings is 1. The lowest BCUT2D eigenvalue weighted by molar-refractivity contribution is 0.172. The van der Waals surface area contributed by atoms with Crippen LogP contribution in [0.25, 0.3) is 0 Å². The van der Waals surface area contributed by atoms with Crippen molar-refractivity contribution in [2.24, 2.45) is 0 Å². The molecule has 0 saturated heterocycles. The van der Waals surface area contributed by atoms with Gasteiger partial charge in [0.15, 0.2) is 0 Å². The molecule has 1 aromatic carbocycles. The van der Waals surface area contributed by atoms with Crippen molar-refractivity contribution in [2.75, 3.05) is 7.11 Å². The Hall–Kier alpha value is -1.94. The largest absolute Gasteiger partial charge is 0.496 e. The van der Waals surface area contributed by atoms with Crippen molar-refractivity contribution in [3.63, 3.8) is 0 Å². The number of para-hydroxylation sites is 1. The maximum atomic E-state index is 10.0. The molecule has 4 nitrogen and oxygen atoms in total. The summed E-state index contributed by atoms with van der Waals surface area (Å²) in [6.45, 7) is 0. The Balaban J connectivity index is 2.16. The van der Waals surface area contributed by atoms with Gasteiger partial charge < -0.3 is 9.84 Å². The van der Waals surface area contributed by atoms with Gasteiger partial charge >= 0.3 is 0 Å². The SMILES string of the molecule is COc1ccccc1CC(O)c1ccncn1. The van der Waals surface area contributed by atoms with Crippen molar-refractivity contribution in [1.82, 2.24) is 9.97 Å². The number of hydrogen-bond acceptors (Lipinski definition) is 4. The van der Waals surface area contributed by atoms with E-state index >= 15 is 0 Å². The van der Waals surface area contributed by atoms with Crippen LogP contribution in [-0.4, -0.2) is 22.2 Å². The average Bonchev–Trinajstić information content (AvgIpc) is 2.40. The van der Waals surface area contributed by atoms with E-state index in [9.17, 15) is 5.11 Å². The van der Waals surface area contributed by atoms with Gasteiger partial charge in [-0.15, -0.1) is 0 Å². The van der Waals surface area contributed by atoms with E-state index in [1.165, 1.54) is 6.33 Å². The van der Waals surface area contributed by atoms with Gasteiger partial charge in [-0.2, -0.15) is 0 Å². The van der Waals surface area contributed by atoms with Crippen molar-refractivity contribution in [3.8, 4) is 5.75 Å². The molecule has 88 valence electrons. The Morgan fingerprint density at radius 3 is 2.82 bits per heavy atom. The molecular formula is C13H14N2O2. The Bertz CT molecular complexity index is 474. The summed E-state index contributed by atoms with van der Waals surface area (Å²) in [7, 11) is 1.62. The van der Waals surface area contributed by atoms with Gasteiger partial charge in [0.2, 0.25) is 0 Å². The molecule has 1 N–H and O–H groups in total. The fourth-order valence-electron chi connectivity index (χ4n) is 1.68. The predicted octanol–water partition coefficient (Wildman–Crippen LogP) is 1.76. The first kappa shape index (κ1) is 11.5. The Morgan fingerprint density at radius 2 is 2.12 bits per heavy atom. The second kappa shape index (κ2) is 5.41. The quantitative estimate of drug-likeness (QED) is 0.869. The molecule has 1 unspecified atom stereocenters. The number of aliphatic hydroxyl groups excluding tert-OH is 1. The van der Waals surface area contributed by atoms with E-state index in [1.54, 1.807) is 19.4 Å². The van der Waals surface area contributed by atoms with E-state index in [4.69, 9.17) is 4.74 Å². The van der Waals surface area contributed by atoms with Gasteiger partial charge in [0.1, 0.15) is 18.2 Å². The molecule has 0 radical (unpaired) electrons. The van der Waals surface area contributed by atoms with Crippen molar-refractivity contribution >= 4 is 0 Å². The van der Waals surface area contributed by atoms with Crippen LogP contribution in [0.3, 0.4) is 0 Å². The van der Waals surface area contributed by atoms with Gasteiger partial charge in [0.25, 0.3) is 0 Å². The molecule has 1 heterocycles. The molecule has 1 aromatic heterocycles. The minimum absolute atomic E-state index is 0.473. The lowest BCUT2D eigenvalue weighted by Crippen LogP contribution is -2.05. The standard InChI is InChI=1S/C13H14N2O2/c1-17-13-5-3-2-4-10(13)8-12(16)11-6-7-14-9-15-11/h2-7,9,12,16H,8H2,1H3. The molecule has 0 aliphatic rings. The second-order valence-corrected chi connectivity index (χ2v) is 3.67. The highest BCUT2D eigenvalue weighted by molar-refractivity contribution is 5.34. The third-order valence-electron chi connectivity index (χ3n) is 2.55. The number of nitrogens with zero attached hydrogens (tertiary/aromatic N) is 2. The molecule has 2 aromatic rings. The number of aromatic nitrogens is 2. The van der Waals surface area contributed by atoms with Gasteiger partial charge in [-0.05, 0) is 17.7 Å². The molecule has 0 fully saturated rings. The van der Waals surface area contributed by atoms with Gasteiger partial charge in [-0.25, -0.2) is 9.97 Å². The third-order valence-corrected chi connectivity index (χ3v) is 2.55. The topological polar surface area (TPSA) is 55.2 Å². The first-order valence-corrected chi connectivity index (χ1v) is 5.37. The van der Waals surface area contributed by atoms with Crippen LogP contribution in [-0.2, 0) is 6.42 Å². The highest BCUT2D eigenvalue weighted by Gasteiger charge is 2.12. The summed E-state index contributed by atoms with van der Waals surface area (Å²) in [6, 6.07) is 9.34. The number of hydrogen-bond donors (Lipinski definition) is 1. The highest BCUT2D eigenvalue weighted by Crippen LogP contribution is 2.23. The lowest BCUT2D eigenvalue weighted by atomic mass is 10.0. The van der Waals surface area contributed by atoms with E-state index in [1.807, 2.05) is 24.3 Å². The number of aliphatic hydroxyl groups is 1. The monoisotopic (exact) mass is 230 g/mol.